The van der Waals surface area contributed by atoms with Gasteiger partial charge in [-0.05, 0) is 12.5 Å². The van der Waals surface area contributed by atoms with Crippen molar-refractivity contribution in [2.45, 2.75) is 13.0 Å². The Morgan fingerprint density at radius 3 is 2.90 bits per heavy atom. The highest BCUT2D eigenvalue weighted by molar-refractivity contribution is 5.92. The Morgan fingerprint density at radius 2 is 2.20 bits per heavy atom. The summed E-state index contributed by atoms with van der Waals surface area (Å²) in [6.07, 6.45) is 0. The molecule has 1 aromatic carbocycles. The molecule has 0 saturated carbocycles. The van der Waals surface area contributed by atoms with Crippen molar-refractivity contribution < 1.29 is 9.32 Å². The van der Waals surface area contributed by atoms with Gasteiger partial charge in [-0.1, -0.05) is 35.5 Å². The Bertz CT molecular complexity index is 594. The first-order valence-electron chi connectivity index (χ1n) is 6.75. The maximum Gasteiger partial charge on any atom is 0.276 e. The largest absolute Gasteiger partial charge is 0.361 e. The van der Waals surface area contributed by atoms with Crippen molar-refractivity contribution in [2.75, 3.05) is 19.6 Å². The predicted molar refractivity (Wildman–Crippen MR) is 74.3 cm³/mol. The molecule has 2 aromatic rings. The zero-order valence-electron chi connectivity index (χ0n) is 11.4. The molecule has 0 spiro atoms. The lowest BCUT2D eigenvalue weighted by molar-refractivity contribution is 0.0623. The van der Waals surface area contributed by atoms with E-state index in [1.807, 2.05) is 35.2 Å². The second-order valence-corrected chi connectivity index (χ2v) is 4.95. The molecular weight excluding hydrogens is 254 g/mol. The van der Waals surface area contributed by atoms with Crippen LogP contribution in [0.5, 0.6) is 0 Å². The lowest BCUT2D eigenvalue weighted by Crippen LogP contribution is -2.48. The van der Waals surface area contributed by atoms with Crippen molar-refractivity contribution >= 4 is 5.91 Å². The number of aromatic nitrogens is 1. The Kier molecular flexibility index (Phi) is 3.52. The topological polar surface area (TPSA) is 58.4 Å². The van der Waals surface area contributed by atoms with E-state index in [2.05, 4.69) is 10.5 Å². The highest BCUT2D eigenvalue weighted by atomic mass is 16.5. The van der Waals surface area contributed by atoms with Crippen LogP contribution in [0.3, 0.4) is 0 Å². The van der Waals surface area contributed by atoms with Gasteiger partial charge in [0.25, 0.3) is 5.91 Å². The van der Waals surface area contributed by atoms with Crippen LogP contribution in [0, 0.1) is 6.92 Å². The molecule has 1 saturated heterocycles. The molecule has 1 aliphatic heterocycles. The number of carbonyl (C=O) groups excluding carboxylic acids is 1. The van der Waals surface area contributed by atoms with Gasteiger partial charge in [-0.3, -0.25) is 4.79 Å². The maximum atomic E-state index is 12.6. The average Bonchev–Trinajstić information content (AvgIpc) is 2.94. The number of amides is 1. The highest BCUT2D eigenvalue weighted by Gasteiger charge is 2.29. The van der Waals surface area contributed by atoms with Crippen molar-refractivity contribution in [1.82, 2.24) is 15.4 Å². The summed E-state index contributed by atoms with van der Waals surface area (Å²) in [5, 5.41) is 7.17. The normalized spacial score (nSPS) is 19.1. The number of benzene rings is 1. The Labute approximate surface area is 117 Å². The van der Waals surface area contributed by atoms with E-state index < -0.39 is 0 Å². The number of aryl methyl sites for hydroxylation is 1. The third kappa shape index (κ3) is 2.44. The van der Waals surface area contributed by atoms with E-state index in [1.165, 1.54) is 0 Å². The second kappa shape index (κ2) is 5.46. The fourth-order valence-electron chi connectivity index (χ4n) is 2.53. The van der Waals surface area contributed by atoms with Crippen LogP contribution in [-0.4, -0.2) is 35.6 Å². The van der Waals surface area contributed by atoms with Crippen molar-refractivity contribution in [3.8, 4) is 0 Å². The van der Waals surface area contributed by atoms with Gasteiger partial charge >= 0.3 is 0 Å². The molecule has 2 heterocycles. The molecule has 1 fully saturated rings. The molecule has 1 atom stereocenters. The lowest BCUT2D eigenvalue weighted by atomic mass is 10.0. The smallest absolute Gasteiger partial charge is 0.276 e. The minimum Gasteiger partial charge on any atom is -0.361 e. The average molecular weight is 271 g/mol. The number of nitrogens with zero attached hydrogens (tertiary/aromatic N) is 2. The van der Waals surface area contributed by atoms with E-state index in [-0.39, 0.29) is 11.9 Å². The molecule has 104 valence electrons. The van der Waals surface area contributed by atoms with Gasteiger partial charge in [0.1, 0.15) is 5.76 Å². The van der Waals surface area contributed by atoms with Crippen molar-refractivity contribution in [3.63, 3.8) is 0 Å². The zero-order valence-corrected chi connectivity index (χ0v) is 11.4. The van der Waals surface area contributed by atoms with Gasteiger partial charge in [-0.15, -0.1) is 0 Å². The van der Waals surface area contributed by atoms with Crippen molar-refractivity contribution in [3.05, 3.63) is 53.4 Å². The number of piperazine rings is 1. The molecule has 1 unspecified atom stereocenters. The molecule has 1 N–H and O–H groups in total. The summed E-state index contributed by atoms with van der Waals surface area (Å²) in [5.41, 5.74) is 1.51. The molecule has 0 bridgehead atoms. The van der Waals surface area contributed by atoms with Crippen LogP contribution in [0.2, 0.25) is 0 Å². The number of hydrogen-bond donors (Lipinski definition) is 1. The monoisotopic (exact) mass is 271 g/mol. The number of hydrogen-bond acceptors (Lipinski definition) is 4. The standard InChI is InChI=1S/C15H17N3O2/c1-11-9-13(17-20-11)15(19)18-8-7-16-10-14(18)12-5-3-2-4-6-12/h2-6,9,14,16H,7-8,10H2,1H3. The highest BCUT2D eigenvalue weighted by Crippen LogP contribution is 2.23. The van der Waals surface area contributed by atoms with E-state index in [0.29, 0.717) is 18.0 Å². The number of carbonyl (C=O) groups is 1. The first-order chi connectivity index (χ1) is 9.75. The SMILES string of the molecule is Cc1cc(C(=O)N2CCNCC2c2ccccc2)no1. The van der Waals surface area contributed by atoms with E-state index >= 15 is 0 Å². The third-order valence-electron chi connectivity index (χ3n) is 3.54. The fourth-order valence-corrected chi connectivity index (χ4v) is 2.53. The first-order valence-corrected chi connectivity index (χ1v) is 6.75. The molecule has 0 radical (unpaired) electrons. The van der Waals surface area contributed by atoms with Crippen LogP contribution < -0.4 is 5.32 Å². The fraction of sp³-hybridized carbons (Fsp3) is 0.333. The Hall–Kier alpha value is -2.14. The number of rotatable bonds is 2. The van der Waals surface area contributed by atoms with Crippen LogP contribution in [0.1, 0.15) is 27.9 Å². The van der Waals surface area contributed by atoms with Gasteiger partial charge in [-0.25, -0.2) is 0 Å². The molecule has 5 nitrogen and oxygen atoms in total. The van der Waals surface area contributed by atoms with Crippen molar-refractivity contribution in [2.24, 2.45) is 0 Å². The summed E-state index contributed by atoms with van der Waals surface area (Å²) >= 11 is 0. The lowest BCUT2D eigenvalue weighted by Gasteiger charge is -2.36. The Morgan fingerprint density at radius 1 is 1.40 bits per heavy atom. The molecule has 1 aromatic heterocycles. The number of nitrogens with one attached hydrogen (secondary N) is 1. The summed E-state index contributed by atoms with van der Waals surface area (Å²) in [7, 11) is 0. The van der Waals surface area contributed by atoms with Crippen LogP contribution in [0.25, 0.3) is 0 Å². The van der Waals surface area contributed by atoms with E-state index in [0.717, 1.165) is 18.7 Å². The van der Waals surface area contributed by atoms with Gasteiger partial charge in [0, 0.05) is 25.7 Å². The molecule has 1 amide bonds. The predicted octanol–water partition coefficient (Wildman–Crippen LogP) is 1.77. The van der Waals surface area contributed by atoms with E-state index in [4.69, 9.17) is 4.52 Å². The molecule has 3 rings (SSSR count). The minimum atomic E-state index is -0.0720. The first kappa shape index (κ1) is 12.9. The molecule has 0 aliphatic carbocycles. The molecule has 5 heteroatoms. The van der Waals surface area contributed by atoms with Crippen LogP contribution in [0.4, 0.5) is 0 Å². The van der Waals surface area contributed by atoms with Gasteiger partial charge in [0.15, 0.2) is 5.69 Å². The van der Waals surface area contributed by atoms with E-state index in [9.17, 15) is 4.79 Å². The minimum absolute atomic E-state index is 0.0365. The van der Waals surface area contributed by atoms with Crippen LogP contribution >= 0.6 is 0 Å². The maximum absolute atomic E-state index is 12.6. The summed E-state index contributed by atoms with van der Waals surface area (Å²) in [6, 6.07) is 11.8. The quantitative estimate of drug-likeness (QED) is 0.904. The second-order valence-electron chi connectivity index (χ2n) is 4.95. The Balaban J connectivity index is 1.87. The van der Waals surface area contributed by atoms with Gasteiger partial charge < -0.3 is 14.7 Å². The van der Waals surface area contributed by atoms with Gasteiger partial charge in [-0.2, -0.15) is 0 Å². The summed E-state index contributed by atoms with van der Waals surface area (Å²) < 4.78 is 5.00. The van der Waals surface area contributed by atoms with Crippen LogP contribution in [0.15, 0.2) is 40.9 Å². The summed E-state index contributed by atoms with van der Waals surface area (Å²) in [6.45, 7) is 4.01. The molecular formula is C15H17N3O2. The van der Waals surface area contributed by atoms with Gasteiger partial charge in [0.2, 0.25) is 0 Å². The summed E-state index contributed by atoms with van der Waals surface area (Å²) in [4.78, 5) is 14.4. The molecule has 20 heavy (non-hydrogen) atoms. The van der Waals surface area contributed by atoms with E-state index in [1.54, 1.807) is 13.0 Å². The third-order valence-corrected chi connectivity index (χ3v) is 3.54. The zero-order chi connectivity index (χ0) is 13.9. The van der Waals surface area contributed by atoms with Crippen molar-refractivity contribution in [1.29, 1.82) is 0 Å². The summed E-state index contributed by atoms with van der Waals surface area (Å²) in [5.74, 6) is 0.581. The molecule has 1 aliphatic rings. The van der Waals surface area contributed by atoms with Crippen LogP contribution in [-0.2, 0) is 0 Å². The van der Waals surface area contributed by atoms with Gasteiger partial charge in [0.05, 0.1) is 6.04 Å².